The van der Waals surface area contributed by atoms with Crippen LogP contribution < -0.4 is 5.32 Å². The second-order valence-electron chi connectivity index (χ2n) is 5.25. The van der Waals surface area contributed by atoms with Gasteiger partial charge in [0.2, 0.25) is 0 Å². The number of carboxylic acid groups (broad SMARTS) is 1. The number of hydrogen-bond acceptors (Lipinski definition) is 3. The Morgan fingerprint density at radius 3 is 2.48 bits per heavy atom. The fraction of sp³-hybridized carbons (Fsp3) is 0.429. The molecule has 0 aromatic heterocycles. The van der Waals surface area contributed by atoms with Crippen molar-refractivity contribution in [3.05, 3.63) is 28.8 Å². The van der Waals surface area contributed by atoms with Crippen molar-refractivity contribution in [2.45, 2.75) is 26.4 Å². The second-order valence-corrected chi connectivity index (χ2v) is 5.69. The maximum absolute atomic E-state index is 12.2. The van der Waals surface area contributed by atoms with Crippen LogP contribution in [0.1, 0.15) is 31.1 Å². The highest BCUT2D eigenvalue weighted by Crippen LogP contribution is 2.22. The fourth-order valence-corrected chi connectivity index (χ4v) is 1.97. The van der Waals surface area contributed by atoms with Crippen LogP contribution in [0, 0.1) is 0 Å². The summed E-state index contributed by atoms with van der Waals surface area (Å²) in [5, 5.41) is 21.7. The van der Waals surface area contributed by atoms with Crippen LogP contribution >= 0.6 is 11.6 Å². The summed E-state index contributed by atoms with van der Waals surface area (Å²) >= 11 is 5.83. The third-order valence-corrected chi connectivity index (χ3v) is 2.94. The van der Waals surface area contributed by atoms with Gasteiger partial charge in [0.25, 0.3) is 0 Å². The summed E-state index contributed by atoms with van der Waals surface area (Å²) in [7, 11) is 0. The lowest BCUT2D eigenvalue weighted by Crippen LogP contribution is -2.44. The second kappa shape index (κ2) is 6.78. The van der Waals surface area contributed by atoms with Gasteiger partial charge in [-0.15, -0.1) is 0 Å². The van der Waals surface area contributed by atoms with Gasteiger partial charge < -0.3 is 20.4 Å². The summed E-state index contributed by atoms with van der Waals surface area (Å²) < 4.78 is 0. The number of rotatable bonds is 5. The molecule has 0 saturated heterocycles. The SMILES string of the molecule is CCN(CC(C)(C)O)C(=O)Nc1cc(Cl)ccc1C(=O)O. The van der Waals surface area contributed by atoms with Crippen molar-refractivity contribution >= 4 is 29.3 Å². The zero-order valence-electron chi connectivity index (χ0n) is 12.2. The summed E-state index contributed by atoms with van der Waals surface area (Å²) in [6.07, 6.45) is 0. The molecule has 116 valence electrons. The summed E-state index contributed by atoms with van der Waals surface area (Å²) in [5.74, 6) is -1.16. The number of benzene rings is 1. The standard InChI is InChI=1S/C14H19ClN2O4/c1-4-17(8-14(2,3)21)13(20)16-11-7-9(15)5-6-10(11)12(18)19/h5-7,21H,4,8H2,1-3H3,(H,16,20)(H,18,19). The summed E-state index contributed by atoms with van der Waals surface area (Å²) in [6, 6.07) is 3.65. The van der Waals surface area contributed by atoms with Crippen LogP contribution in [0.25, 0.3) is 0 Å². The predicted octanol–water partition coefficient (Wildman–Crippen LogP) is 2.66. The molecule has 6 nitrogen and oxygen atoms in total. The number of likely N-dealkylation sites (N-methyl/N-ethyl adjacent to an activating group) is 1. The molecular weight excluding hydrogens is 296 g/mol. The number of urea groups is 1. The first-order chi connectivity index (χ1) is 9.64. The summed E-state index contributed by atoms with van der Waals surface area (Å²) in [4.78, 5) is 24.7. The van der Waals surface area contributed by atoms with Crippen LogP contribution in [-0.4, -0.2) is 45.8 Å². The molecule has 0 bridgehead atoms. The maximum Gasteiger partial charge on any atom is 0.337 e. The molecule has 0 fully saturated rings. The van der Waals surface area contributed by atoms with Gasteiger partial charge in [0, 0.05) is 11.6 Å². The monoisotopic (exact) mass is 314 g/mol. The molecule has 0 heterocycles. The molecule has 1 aromatic rings. The van der Waals surface area contributed by atoms with E-state index in [2.05, 4.69) is 5.32 Å². The molecule has 0 aliphatic carbocycles. The van der Waals surface area contributed by atoms with Crippen LogP contribution in [0.3, 0.4) is 0 Å². The minimum absolute atomic E-state index is 0.0490. The first-order valence-corrected chi connectivity index (χ1v) is 6.83. The zero-order chi connectivity index (χ0) is 16.2. The van der Waals surface area contributed by atoms with E-state index in [4.69, 9.17) is 16.7 Å². The Morgan fingerprint density at radius 2 is 2.00 bits per heavy atom. The van der Waals surface area contributed by atoms with E-state index in [0.29, 0.717) is 11.6 Å². The number of aliphatic hydroxyl groups is 1. The van der Waals surface area contributed by atoms with Gasteiger partial charge in [0.05, 0.1) is 23.4 Å². The Balaban J connectivity index is 2.96. The van der Waals surface area contributed by atoms with Crippen LogP contribution in [0.2, 0.25) is 5.02 Å². The van der Waals surface area contributed by atoms with E-state index in [9.17, 15) is 14.7 Å². The first kappa shape index (κ1) is 17.3. The molecule has 0 aliphatic rings. The number of amides is 2. The molecule has 7 heteroatoms. The molecule has 1 aromatic carbocycles. The normalized spacial score (nSPS) is 11.1. The number of anilines is 1. The van der Waals surface area contributed by atoms with E-state index in [0.717, 1.165) is 0 Å². The van der Waals surface area contributed by atoms with Crippen LogP contribution in [-0.2, 0) is 0 Å². The minimum Gasteiger partial charge on any atom is -0.478 e. The van der Waals surface area contributed by atoms with Crippen LogP contribution in [0.4, 0.5) is 10.5 Å². The van der Waals surface area contributed by atoms with Gasteiger partial charge in [0.1, 0.15) is 0 Å². The molecule has 0 saturated carbocycles. The Bertz CT molecular complexity index is 540. The van der Waals surface area contributed by atoms with E-state index in [1.54, 1.807) is 20.8 Å². The lowest BCUT2D eigenvalue weighted by atomic mass is 10.1. The molecule has 3 N–H and O–H groups in total. The number of carbonyl (C=O) groups is 2. The predicted molar refractivity (Wildman–Crippen MR) is 81.0 cm³/mol. The molecular formula is C14H19ClN2O4. The minimum atomic E-state index is -1.16. The number of nitrogens with zero attached hydrogens (tertiary/aromatic N) is 1. The topological polar surface area (TPSA) is 89.9 Å². The highest BCUT2D eigenvalue weighted by atomic mass is 35.5. The smallest absolute Gasteiger partial charge is 0.337 e. The van der Waals surface area contributed by atoms with Crippen LogP contribution in [0.5, 0.6) is 0 Å². The van der Waals surface area contributed by atoms with Crippen molar-refractivity contribution in [3.63, 3.8) is 0 Å². The number of aromatic carboxylic acids is 1. The molecule has 0 unspecified atom stereocenters. The third kappa shape index (κ3) is 5.24. The van der Waals surface area contributed by atoms with Gasteiger partial charge in [-0.2, -0.15) is 0 Å². The van der Waals surface area contributed by atoms with Crippen LogP contribution in [0.15, 0.2) is 18.2 Å². The average Bonchev–Trinajstić information content (AvgIpc) is 2.34. The zero-order valence-corrected chi connectivity index (χ0v) is 12.9. The molecule has 2 amide bonds. The number of carbonyl (C=O) groups excluding carboxylic acids is 1. The Kier molecular flexibility index (Phi) is 5.57. The van der Waals surface area contributed by atoms with Gasteiger partial charge in [-0.3, -0.25) is 0 Å². The van der Waals surface area contributed by atoms with Crippen molar-refractivity contribution in [3.8, 4) is 0 Å². The number of nitrogens with one attached hydrogen (secondary N) is 1. The number of hydrogen-bond donors (Lipinski definition) is 3. The highest BCUT2D eigenvalue weighted by molar-refractivity contribution is 6.31. The Hall–Kier alpha value is -1.79. The summed E-state index contributed by atoms with van der Waals surface area (Å²) in [5.41, 5.74) is -0.974. The van der Waals surface area contributed by atoms with Crippen molar-refractivity contribution < 1.29 is 19.8 Å². The first-order valence-electron chi connectivity index (χ1n) is 6.45. The van der Waals surface area contributed by atoms with Gasteiger partial charge in [-0.25, -0.2) is 9.59 Å². The average molecular weight is 315 g/mol. The summed E-state index contributed by atoms with van der Waals surface area (Å²) in [6.45, 7) is 5.44. The lowest BCUT2D eigenvalue weighted by molar-refractivity contribution is 0.0500. The molecule has 0 aliphatic heterocycles. The van der Waals surface area contributed by atoms with E-state index in [-0.39, 0.29) is 17.8 Å². The lowest BCUT2D eigenvalue weighted by Gasteiger charge is -2.28. The number of halogens is 1. The van der Waals surface area contributed by atoms with E-state index >= 15 is 0 Å². The van der Waals surface area contributed by atoms with Crippen molar-refractivity contribution in [1.82, 2.24) is 4.90 Å². The Morgan fingerprint density at radius 1 is 1.38 bits per heavy atom. The van der Waals surface area contributed by atoms with Crippen molar-refractivity contribution in [2.75, 3.05) is 18.4 Å². The quantitative estimate of drug-likeness (QED) is 0.779. The number of carboxylic acids is 1. The van der Waals surface area contributed by atoms with Gasteiger partial charge in [-0.05, 0) is 39.0 Å². The molecule has 0 atom stereocenters. The van der Waals surface area contributed by atoms with Crippen molar-refractivity contribution in [2.24, 2.45) is 0 Å². The molecule has 0 spiro atoms. The van der Waals surface area contributed by atoms with Gasteiger partial charge >= 0.3 is 12.0 Å². The van der Waals surface area contributed by atoms with E-state index in [1.165, 1.54) is 23.1 Å². The maximum atomic E-state index is 12.2. The largest absolute Gasteiger partial charge is 0.478 e. The highest BCUT2D eigenvalue weighted by Gasteiger charge is 2.22. The fourth-order valence-electron chi connectivity index (χ4n) is 1.79. The van der Waals surface area contributed by atoms with Crippen molar-refractivity contribution in [1.29, 1.82) is 0 Å². The van der Waals surface area contributed by atoms with Gasteiger partial charge in [-0.1, -0.05) is 11.6 Å². The van der Waals surface area contributed by atoms with E-state index in [1.807, 2.05) is 0 Å². The Labute approximate surface area is 128 Å². The molecule has 0 radical (unpaired) electrons. The van der Waals surface area contributed by atoms with Gasteiger partial charge in [0.15, 0.2) is 0 Å². The van der Waals surface area contributed by atoms with E-state index < -0.39 is 17.6 Å². The molecule has 1 rings (SSSR count). The molecule has 21 heavy (non-hydrogen) atoms. The third-order valence-electron chi connectivity index (χ3n) is 2.70.